The maximum atomic E-state index is 10.6. The molecule has 0 saturated carbocycles. The van der Waals surface area contributed by atoms with Crippen LogP contribution in [0.5, 0.6) is 0 Å². The van der Waals surface area contributed by atoms with Gasteiger partial charge in [-0.05, 0) is 30.5 Å². The fourth-order valence-electron chi connectivity index (χ4n) is 2.82. The molecule has 146 valence electrons. The second-order valence-corrected chi connectivity index (χ2v) is 6.00. The number of aliphatic carboxylic acids is 1. The van der Waals surface area contributed by atoms with E-state index in [0.717, 1.165) is 44.6 Å². The van der Waals surface area contributed by atoms with Crippen molar-refractivity contribution in [3.8, 4) is 0 Å². The van der Waals surface area contributed by atoms with Crippen LogP contribution in [0.4, 0.5) is 13.2 Å². The first-order valence-electron chi connectivity index (χ1n) is 8.55. The molecule has 1 N–H and O–H groups in total. The van der Waals surface area contributed by atoms with E-state index in [1.165, 1.54) is 17.0 Å². The van der Waals surface area contributed by atoms with Crippen LogP contribution in [-0.4, -0.2) is 50.2 Å². The summed E-state index contributed by atoms with van der Waals surface area (Å²) in [7, 11) is 0. The van der Waals surface area contributed by atoms with Crippen molar-refractivity contribution >= 4 is 5.97 Å². The van der Waals surface area contributed by atoms with E-state index >= 15 is 0 Å². The molecule has 3 heterocycles. The first-order chi connectivity index (χ1) is 12.8. The van der Waals surface area contributed by atoms with Crippen molar-refractivity contribution in [2.75, 3.05) is 13.1 Å². The molecule has 1 aliphatic rings. The number of halogens is 3. The van der Waals surface area contributed by atoms with E-state index in [1.54, 1.807) is 6.33 Å². The summed E-state index contributed by atoms with van der Waals surface area (Å²) in [5, 5.41) is 7.12. The number of aromatic nitrogens is 3. The van der Waals surface area contributed by atoms with Crippen LogP contribution in [0.25, 0.3) is 0 Å². The van der Waals surface area contributed by atoms with E-state index in [-0.39, 0.29) is 0 Å². The van der Waals surface area contributed by atoms with Gasteiger partial charge in [0.05, 0.1) is 5.69 Å². The second kappa shape index (κ2) is 9.40. The highest BCUT2D eigenvalue weighted by Gasteiger charge is 2.38. The predicted molar refractivity (Wildman–Crippen MR) is 92.0 cm³/mol. The van der Waals surface area contributed by atoms with E-state index in [0.29, 0.717) is 0 Å². The van der Waals surface area contributed by atoms with Crippen molar-refractivity contribution in [3.63, 3.8) is 0 Å². The Morgan fingerprint density at radius 2 is 1.89 bits per heavy atom. The molecular formula is C18H21F3N4O2. The number of nitrogens with zero attached hydrogens (tertiary/aromatic N) is 4. The molecule has 2 aromatic rings. The van der Waals surface area contributed by atoms with Gasteiger partial charge in [-0.1, -0.05) is 13.0 Å². The first kappa shape index (κ1) is 20.8. The van der Waals surface area contributed by atoms with Gasteiger partial charge in [0.2, 0.25) is 0 Å². The van der Waals surface area contributed by atoms with Crippen molar-refractivity contribution < 1.29 is 23.1 Å². The number of fused-ring (bicyclic) bond motifs is 1. The van der Waals surface area contributed by atoms with Crippen LogP contribution in [0.1, 0.15) is 29.6 Å². The molecule has 0 unspecified atom stereocenters. The molecule has 0 aromatic carbocycles. The fraction of sp³-hybridized carbons (Fsp3) is 0.444. The largest absolute Gasteiger partial charge is 0.490 e. The molecule has 0 saturated heterocycles. The van der Waals surface area contributed by atoms with Crippen LogP contribution in [-0.2, 0) is 30.6 Å². The van der Waals surface area contributed by atoms with E-state index < -0.39 is 12.1 Å². The van der Waals surface area contributed by atoms with Crippen molar-refractivity contribution in [2.45, 2.75) is 38.9 Å². The normalized spacial score (nSPS) is 14.5. The summed E-state index contributed by atoms with van der Waals surface area (Å²) >= 11 is 0. The van der Waals surface area contributed by atoms with Gasteiger partial charge in [0, 0.05) is 43.6 Å². The van der Waals surface area contributed by atoms with Gasteiger partial charge in [0.15, 0.2) is 0 Å². The topological polar surface area (TPSA) is 79.2 Å². The third kappa shape index (κ3) is 6.28. The van der Waals surface area contributed by atoms with Crippen LogP contribution >= 0.6 is 0 Å². The van der Waals surface area contributed by atoms with Crippen molar-refractivity contribution in [2.24, 2.45) is 0 Å². The minimum absolute atomic E-state index is 0.920. The minimum atomic E-state index is -5.08. The van der Waals surface area contributed by atoms with Gasteiger partial charge in [-0.15, -0.1) is 0 Å². The lowest BCUT2D eigenvalue weighted by Crippen LogP contribution is -2.26. The summed E-state index contributed by atoms with van der Waals surface area (Å²) in [6, 6.07) is 6.11. The van der Waals surface area contributed by atoms with Crippen LogP contribution < -0.4 is 0 Å². The van der Waals surface area contributed by atoms with Gasteiger partial charge < -0.3 is 5.11 Å². The maximum absolute atomic E-state index is 10.6. The molecule has 27 heavy (non-hydrogen) atoms. The average molecular weight is 382 g/mol. The van der Waals surface area contributed by atoms with Crippen molar-refractivity contribution in [1.29, 1.82) is 0 Å². The quantitative estimate of drug-likeness (QED) is 0.879. The average Bonchev–Trinajstić information content (AvgIpc) is 2.85. The van der Waals surface area contributed by atoms with Crippen LogP contribution in [0.2, 0.25) is 0 Å². The smallest absolute Gasteiger partial charge is 0.475 e. The van der Waals surface area contributed by atoms with Crippen LogP contribution in [0, 0.1) is 0 Å². The summed E-state index contributed by atoms with van der Waals surface area (Å²) in [6.45, 7) is 5.19. The van der Waals surface area contributed by atoms with Gasteiger partial charge in [0.1, 0.15) is 6.33 Å². The molecule has 2 aromatic heterocycles. The minimum Gasteiger partial charge on any atom is -0.475 e. The second-order valence-electron chi connectivity index (χ2n) is 6.00. The molecule has 1 aliphatic heterocycles. The Hall–Kier alpha value is -2.55. The summed E-state index contributed by atoms with van der Waals surface area (Å²) in [5.41, 5.74) is 4.97. The number of alkyl halides is 3. The van der Waals surface area contributed by atoms with E-state index in [9.17, 15) is 13.2 Å². The Morgan fingerprint density at radius 1 is 1.19 bits per heavy atom. The molecule has 9 heteroatoms. The highest BCUT2D eigenvalue weighted by atomic mass is 19.4. The van der Waals surface area contributed by atoms with E-state index in [4.69, 9.17) is 9.90 Å². The van der Waals surface area contributed by atoms with Gasteiger partial charge in [-0.3, -0.25) is 9.88 Å². The van der Waals surface area contributed by atoms with Crippen LogP contribution in [0.3, 0.4) is 0 Å². The molecule has 0 atom stereocenters. The van der Waals surface area contributed by atoms with Gasteiger partial charge in [-0.25, -0.2) is 14.8 Å². The van der Waals surface area contributed by atoms with Gasteiger partial charge in [-0.2, -0.15) is 13.2 Å². The number of carboxylic acids is 1. The summed E-state index contributed by atoms with van der Waals surface area (Å²) in [6.07, 6.45) is 1.55. The predicted octanol–water partition coefficient (Wildman–Crippen LogP) is 2.67. The zero-order valence-electron chi connectivity index (χ0n) is 14.9. The van der Waals surface area contributed by atoms with Gasteiger partial charge in [0.25, 0.3) is 0 Å². The third-order valence-electron chi connectivity index (χ3n) is 4.16. The zero-order valence-corrected chi connectivity index (χ0v) is 14.9. The van der Waals surface area contributed by atoms with Gasteiger partial charge >= 0.3 is 12.1 Å². The number of aryl methyl sites for hydroxylation is 1. The lowest BCUT2D eigenvalue weighted by Gasteiger charge is -2.18. The zero-order chi connectivity index (χ0) is 19.9. The Morgan fingerprint density at radius 3 is 2.48 bits per heavy atom. The highest BCUT2D eigenvalue weighted by Crippen LogP contribution is 2.18. The van der Waals surface area contributed by atoms with Crippen molar-refractivity contribution in [1.82, 2.24) is 19.9 Å². The molecule has 0 aliphatic carbocycles. The number of hydrogen-bond acceptors (Lipinski definition) is 5. The molecular weight excluding hydrogens is 361 g/mol. The summed E-state index contributed by atoms with van der Waals surface area (Å²) < 4.78 is 31.7. The number of hydrogen-bond donors (Lipinski definition) is 1. The number of carboxylic acid groups (broad SMARTS) is 1. The molecule has 0 bridgehead atoms. The third-order valence-corrected chi connectivity index (χ3v) is 4.16. The molecule has 0 amide bonds. The summed E-state index contributed by atoms with van der Waals surface area (Å²) in [4.78, 5) is 24.7. The fourth-order valence-corrected chi connectivity index (χ4v) is 2.82. The molecule has 3 rings (SSSR count). The number of carbonyl (C=O) groups is 1. The Labute approximate surface area is 155 Å². The molecule has 0 fully saturated rings. The summed E-state index contributed by atoms with van der Waals surface area (Å²) in [5.74, 6) is -2.76. The Bertz CT molecular complexity index is 754. The highest BCUT2D eigenvalue weighted by molar-refractivity contribution is 5.73. The first-order valence-corrected chi connectivity index (χ1v) is 8.55. The van der Waals surface area contributed by atoms with Crippen LogP contribution in [0.15, 0.2) is 30.7 Å². The lowest BCUT2D eigenvalue weighted by atomic mass is 10.1. The van der Waals surface area contributed by atoms with Crippen molar-refractivity contribution in [3.05, 3.63) is 53.4 Å². The number of pyridine rings is 1. The number of rotatable bonds is 3. The standard InChI is InChI=1S/C16H20N4.C2HF3O2/c1-2-15-14-6-9-20(10-7-16(14)19-12-18-15)11-13-5-3-4-8-17-13;3-2(4,5)1(6)7/h3-5,8,12H,2,6-7,9-11H2,1H3;(H,6,7). The van der Waals surface area contributed by atoms with E-state index in [2.05, 4.69) is 38.9 Å². The molecule has 0 spiro atoms. The Kier molecular flexibility index (Phi) is 7.23. The molecule has 6 nitrogen and oxygen atoms in total. The monoisotopic (exact) mass is 382 g/mol. The SMILES string of the molecule is CCc1ncnc2c1CCN(Cc1ccccn1)CC2.O=C(O)C(F)(F)F. The Balaban J connectivity index is 0.000000321. The molecule has 0 radical (unpaired) electrons. The van der Waals surface area contributed by atoms with E-state index in [1.807, 2.05) is 12.3 Å². The lowest BCUT2D eigenvalue weighted by molar-refractivity contribution is -0.192. The maximum Gasteiger partial charge on any atom is 0.490 e.